The third kappa shape index (κ3) is 5.24. The summed E-state index contributed by atoms with van der Waals surface area (Å²) in [4.78, 5) is 0. The fourth-order valence-electron chi connectivity index (χ4n) is 8.62. The van der Waals surface area contributed by atoms with Crippen LogP contribution in [-0.4, -0.2) is 39.5 Å². The molecule has 0 radical (unpaired) electrons. The standard InChI is InChI=1S/2C10H15N.C4H10O2.2ClH.Mo/c2*11-10-8-2-6-1-7(4-8)5-9(10)3-6;1-5-3-4-6-2;;;/h2*6-10H,1-5H2;3-4H2,1-2H3;2*1H;/q;;;;;+2/p-2. The molecule has 0 aromatic heterocycles. The van der Waals surface area contributed by atoms with E-state index in [4.69, 9.17) is 25.8 Å². The van der Waals surface area contributed by atoms with Crippen molar-refractivity contribution in [2.75, 3.05) is 27.4 Å². The zero-order chi connectivity index (χ0) is 21.6. The van der Waals surface area contributed by atoms with Crippen molar-refractivity contribution < 1.29 is 23.1 Å². The van der Waals surface area contributed by atoms with Gasteiger partial charge < -0.3 is 9.47 Å². The van der Waals surface area contributed by atoms with Crippen molar-refractivity contribution in [2.24, 2.45) is 54.3 Å². The van der Waals surface area contributed by atoms with E-state index in [1.807, 2.05) is 0 Å². The molecule has 0 N–H and O–H groups in total. The van der Waals surface area contributed by atoms with Crippen molar-refractivity contribution in [2.45, 2.75) is 76.3 Å². The minimum atomic E-state index is -3.43. The number of ether oxygens (including phenoxy) is 2. The first-order valence-corrected chi connectivity index (χ1v) is 19.5. The SMILES string of the molecule is COCCOC.[Cl][Mo]([Cl])(=[N]C1C2CC3CC(C2)CC1C3)=[N]C1C2CC3CC(C2)CC1C3. The van der Waals surface area contributed by atoms with Crippen molar-refractivity contribution in [1.82, 2.24) is 0 Å². The summed E-state index contributed by atoms with van der Waals surface area (Å²) in [5.74, 6) is 7.10. The Kier molecular flexibility index (Phi) is 7.44. The van der Waals surface area contributed by atoms with E-state index in [9.17, 15) is 0 Å². The van der Waals surface area contributed by atoms with Gasteiger partial charge in [-0.25, -0.2) is 0 Å². The van der Waals surface area contributed by atoms with Crippen LogP contribution in [0.4, 0.5) is 0 Å². The summed E-state index contributed by atoms with van der Waals surface area (Å²) in [6, 6.07) is 0.925. The summed E-state index contributed by atoms with van der Waals surface area (Å²) in [6.07, 6.45) is 14.1. The Balaban J connectivity index is 0.000000303. The average molecular weight is 555 g/mol. The quantitative estimate of drug-likeness (QED) is 0.279. The van der Waals surface area contributed by atoms with E-state index in [0.29, 0.717) is 25.3 Å². The molecule has 8 fully saturated rings. The fourth-order valence-corrected chi connectivity index (χ4v) is 14.1. The molecular formula is C24H40Cl2MoN2O2. The molecule has 0 amide bonds. The summed E-state index contributed by atoms with van der Waals surface area (Å²) < 4.78 is 19.7. The Morgan fingerprint density at radius 1 is 0.581 bits per heavy atom. The van der Waals surface area contributed by atoms with Crippen molar-refractivity contribution in [3.63, 3.8) is 0 Å². The Morgan fingerprint density at radius 2 is 0.871 bits per heavy atom. The zero-order valence-corrected chi connectivity index (χ0v) is 22.7. The van der Waals surface area contributed by atoms with Crippen LogP contribution in [0, 0.1) is 47.3 Å². The van der Waals surface area contributed by atoms with Gasteiger partial charge in [-0.2, -0.15) is 0 Å². The van der Waals surface area contributed by atoms with Gasteiger partial charge in [-0.1, -0.05) is 0 Å². The van der Waals surface area contributed by atoms with Gasteiger partial charge in [-0.15, -0.1) is 0 Å². The van der Waals surface area contributed by atoms with Gasteiger partial charge in [-0.3, -0.25) is 0 Å². The van der Waals surface area contributed by atoms with E-state index < -0.39 is 13.6 Å². The van der Waals surface area contributed by atoms with Crippen LogP contribution < -0.4 is 0 Å². The number of rotatable bonds is 5. The zero-order valence-electron chi connectivity index (χ0n) is 19.1. The van der Waals surface area contributed by atoms with E-state index in [1.165, 1.54) is 64.2 Å². The van der Waals surface area contributed by atoms with Gasteiger partial charge in [0.15, 0.2) is 0 Å². The van der Waals surface area contributed by atoms with Crippen LogP contribution in [0.2, 0.25) is 0 Å². The maximum atomic E-state index is 6.94. The van der Waals surface area contributed by atoms with Crippen molar-refractivity contribution >= 4 is 18.8 Å². The molecular weight excluding hydrogens is 515 g/mol. The van der Waals surface area contributed by atoms with Crippen molar-refractivity contribution in [1.29, 1.82) is 0 Å². The Labute approximate surface area is 199 Å². The first-order chi connectivity index (χ1) is 14.9. The summed E-state index contributed by atoms with van der Waals surface area (Å²) in [5, 5.41) is 0. The van der Waals surface area contributed by atoms with Crippen LogP contribution in [0.5, 0.6) is 0 Å². The predicted molar refractivity (Wildman–Crippen MR) is 122 cm³/mol. The Morgan fingerprint density at radius 3 is 1.13 bits per heavy atom. The molecule has 0 unspecified atom stereocenters. The molecule has 4 nitrogen and oxygen atoms in total. The van der Waals surface area contributed by atoms with Gasteiger partial charge in [0.1, 0.15) is 0 Å². The average Bonchev–Trinajstić information content (AvgIpc) is 2.71. The molecule has 8 aliphatic rings. The molecule has 0 aromatic carbocycles. The number of hydrogen-bond acceptors (Lipinski definition) is 4. The second-order valence-corrected chi connectivity index (χ2v) is 20.6. The fraction of sp³-hybridized carbons (Fsp3) is 1.00. The monoisotopic (exact) mass is 556 g/mol. The summed E-state index contributed by atoms with van der Waals surface area (Å²) >= 11 is -3.43. The van der Waals surface area contributed by atoms with E-state index >= 15 is 0 Å². The first-order valence-electron chi connectivity index (χ1n) is 12.6. The van der Waals surface area contributed by atoms with Crippen LogP contribution in [-0.2, 0) is 23.1 Å². The number of nitrogens with zero attached hydrogens (tertiary/aromatic N) is 2. The van der Waals surface area contributed by atoms with Gasteiger partial charge in [0.05, 0.1) is 13.2 Å². The summed E-state index contributed by atoms with van der Waals surface area (Å²) in [5.41, 5.74) is 0. The molecule has 8 aliphatic carbocycles. The van der Waals surface area contributed by atoms with Crippen LogP contribution >= 0.6 is 18.8 Å². The van der Waals surface area contributed by atoms with Crippen molar-refractivity contribution in [3.8, 4) is 0 Å². The molecule has 0 aliphatic heterocycles. The Hall–Kier alpha value is 0.788. The molecule has 31 heavy (non-hydrogen) atoms. The van der Waals surface area contributed by atoms with Gasteiger partial charge in [0.2, 0.25) is 0 Å². The minimum absolute atomic E-state index is 0.463. The summed E-state index contributed by atoms with van der Waals surface area (Å²) in [6.45, 7) is 1.38. The molecule has 8 saturated carbocycles. The Bertz CT molecular complexity index is 645. The second kappa shape index (κ2) is 9.80. The second-order valence-electron chi connectivity index (χ2n) is 11.5. The number of methoxy groups -OCH3 is 2. The van der Waals surface area contributed by atoms with Crippen molar-refractivity contribution in [3.05, 3.63) is 0 Å². The number of halogens is 2. The van der Waals surface area contributed by atoms with Crippen LogP contribution in [0.15, 0.2) is 6.99 Å². The predicted octanol–water partition coefficient (Wildman–Crippen LogP) is 6.74. The van der Waals surface area contributed by atoms with Crippen LogP contribution in [0.3, 0.4) is 0 Å². The third-order valence-electron chi connectivity index (χ3n) is 9.34. The van der Waals surface area contributed by atoms with Gasteiger partial charge in [0.25, 0.3) is 0 Å². The van der Waals surface area contributed by atoms with E-state index in [1.54, 1.807) is 14.2 Å². The maximum absolute atomic E-state index is 6.94. The van der Waals surface area contributed by atoms with Crippen LogP contribution in [0.1, 0.15) is 64.2 Å². The molecule has 8 bridgehead atoms. The van der Waals surface area contributed by atoms with Gasteiger partial charge >= 0.3 is 163 Å². The topological polar surface area (TPSA) is 43.2 Å². The molecule has 0 spiro atoms. The van der Waals surface area contributed by atoms with Gasteiger partial charge in [0, 0.05) is 14.2 Å². The summed E-state index contributed by atoms with van der Waals surface area (Å²) in [7, 11) is 17.2. The molecule has 0 aromatic rings. The van der Waals surface area contributed by atoms with E-state index in [2.05, 4.69) is 9.47 Å². The molecule has 0 atom stereocenters. The molecule has 0 saturated heterocycles. The third-order valence-corrected chi connectivity index (χ3v) is 13.7. The normalized spacial score (nSPS) is 46.6. The first kappa shape index (κ1) is 23.5. The molecule has 7 heteroatoms. The van der Waals surface area contributed by atoms with E-state index in [-0.39, 0.29) is 0 Å². The molecule has 8 rings (SSSR count). The number of hydrogen-bond donors (Lipinski definition) is 0. The van der Waals surface area contributed by atoms with Gasteiger partial charge in [-0.05, 0) is 0 Å². The molecule has 178 valence electrons. The molecule has 0 heterocycles. The van der Waals surface area contributed by atoms with Crippen LogP contribution in [0.25, 0.3) is 0 Å². The van der Waals surface area contributed by atoms with E-state index in [0.717, 1.165) is 47.3 Å².